The Morgan fingerprint density at radius 1 is 1.15 bits per heavy atom. The highest BCUT2D eigenvalue weighted by Crippen LogP contribution is 2.19. The van der Waals surface area contributed by atoms with E-state index in [4.69, 9.17) is 16.3 Å². The summed E-state index contributed by atoms with van der Waals surface area (Å²) < 4.78 is 31.3. The van der Waals surface area contributed by atoms with Crippen molar-refractivity contribution in [3.05, 3.63) is 64.7 Å². The number of rotatable bonds is 4. The number of halogens is 3. The van der Waals surface area contributed by atoms with Crippen LogP contribution in [0.4, 0.5) is 8.78 Å². The Bertz CT molecular complexity index is 623. The first kappa shape index (κ1) is 14.5. The summed E-state index contributed by atoms with van der Waals surface area (Å²) in [6, 6.07) is 9.16. The number of Topliss-reactive ketones (excluding diaryl/α,β-unsaturated/α-hetero) is 1. The number of benzene rings is 2. The molecule has 0 amide bonds. The molecule has 0 heterocycles. The first-order valence-corrected chi connectivity index (χ1v) is 6.26. The van der Waals surface area contributed by atoms with Gasteiger partial charge in [-0.15, -0.1) is 0 Å². The molecule has 0 fully saturated rings. The Kier molecular flexibility index (Phi) is 4.35. The van der Waals surface area contributed by atoms with Crippen LogP contribution in [0.5, 0.6) is 5.75 Å². The Hall–Kier alpha value is -1.94. The van der Waals surface area contributed by atoms with E-state index in [0.29, 0.717) is 10.6 Å². The second-order valence-corrected chi connectivity index (χ2v) is 4.68. The normalized spacial score (nSPS) is 12.0. The molecule has 1 atom stereocenters. The highest BCUT2D eigenvalue weighted by atomic mass is 35.5. The molecule has 0 aliphatic carbocycles. The molecule has 0 bridgehead atoms. The van der Waals surface area contributed by atoms with E-state index in [9.17, 15) is 13.6 Å². The van der Waals surface area contributed by atoms with E-state index in [2.05, 4.69) is 0 Å². The van der Waals surface area contributed by atoms with Gasteiger partial charge in [-0.1, -0.05) is 23.7 Å². The van der Waals surface area contributed by atoms with Crippen molar-refractivity contribution in [2.45, 2.75) is 13.0 Å². The minimum atomic E-state index is -0.880. The Balaban J connectivity index is 2.15. The number of ketones is 1. The summed E-state index contributed by atoms with van der Waals surface area (Å²) in [4.78, 5) is 12.1. The molecule has 0 saturated heterocycles. The van der Waals surface area contributed by atoms with Crippen molar-refractivity contribution in [2.24, 2.45) is 0 Å². The molecule has 0 aliphatic rings. The predicted molar refractivity (Wildman–Crippen MR) is 72.2 cm³/mol. The molecule has 104 valence electrons. The van der Waals surface area contributed by atoms with E-state index in [1.165, 1.54) is 13.0 Å². The van der Waals surface area contributed by atoms with E-state index in [0.717, 1.165) is 18.2 Å². The maximum Gasteiger partial charge on any atom is 0.203 e. The van der Waals surface area contributed by atoms with Crippen LogP contribution in [0.2, 0.25) is 5.02 Å². The second-order valence-electron chi connectivity index (χ2n) is 4.24. The molecule has 0 saturated carbocycles. The van der Waals surface area contributed by atoms with E-state index in [-0.39, 0.29) is 11.5 Å². The standard InChI is InChI=1S/C15H11ClF2O2/c1-9(15(19)10-3-2-4-11(16)5-10)20-14-7-12(17)6-13(18)8-14/h2-9H,1H3. The summed E-state index contributed by atoms with van der Waals surface area (Å²) in [6.45, 7) is 1.51. The van der Waals surface area contributed by atoms with Gasteiger partial charge in [0.05, 0.1) is 0 Å². The summed E-state index contributed by atoms with van der Waals surface area (Å²) in [6.07, 6.45) is -0.880. The van der Waals surface area contributed by atoms with Gasteiger partial charge in [0.2, 0.25) is 5.78 Å². The molecule has 2 aromatic rings. The zero-order chi connectivity index (χ0) is 14.7. The highest BCUT2D eigenvalue weighted by Gasteiger charge is 2.17. The van der Waals surface area contributed by atoms with Crippen molar-refractivity contribution in [1.29, 1.82) is 0 Å². The molecule has 20 heavy (non-hydrogen) atoms. The number of carbonyl (C=O) groups excluding carboxylic acids is 1. The summed E-state index contributed by atoms with van der Waals surface area (Å²) in [5.41, 5.74) is 0.377. The molecular weight excluding hydrogens is 286 g/mol. The Labute approximate surface area is 119 Å². The Morgan fingerprint density at radius 2 is 1.80 bits per heavy atom. The average Bonchev–Trinajstić information content (AvgIpc) is 2.36. The zero-order valence-corrected chi connectivity index (χ0v) is 11.3. The van der Waals surface area contributed by atoms with Crippen molar-refractivity contribution < 1.29 is 18.3 Å². The fourth-order valence-corrected chi connectivity index (χ4v) is 1.92. The van der Waals surface area contributed by atoms with Gasteiger partial charge in [-0.2, -0.15) is 0 Å². The molecule has 2 aromatic carbocycles. The lowest BCUT2D eigenvalue weighted by Gasteiger charge is -2.14. The van der Waals surface area contributed by atoms with Gasteiger partial charge in [0.25, 0.3) is 0 Å². The third-order valence-electron chi connectivity index (χ3n) is 2.63. The summed E-state index contributed by atoms with van der Waals surface area (Å²) in [5, 5.41) is 0.430. The smallest absolute Gasteiger partial charge is 0.203 e. The van der Waals surface area contributed by atoms with Crippen LogP contribution in [-0.4, -0.2) is 11.9 Å². The molecule has 0 aliphatic heterocycles. The minimum Gasteiger partial charge on any atom is -0.482 e. The summed E-state index contributed by atoms with van der Waals surface area (Å²) in [5.74, 6) is -1.88. The molecule has 0 aromatic heterocycles. The fraction of sp³-hybridized carbons (Fsp3) is 0.133. The lowest BCUT2D eigenvalue weighted by atomic mass is 10.1. The quantitative estimate of drug-likeness (QED) is 0.788. The van der Waals surface area contributed by atoms with Crippen LogP contribution in [0.25, 0.3) is 0 Å². The third kappa shape index (κ3) is 3.54. The highest BCUT2D eigenvalue weighted by molar-refractivity contribution is 6.31. The van der Waals surface area contributed by atoms with E-state index < -0.39 is 17.7 Å². The maximum atomic E-state index is 13.0. The monoisotopic (exact) mass is 296 g/mol. The third-order valence-corrected chi connectivity index (χ3v) is 2.86. The largest absolute Gasteiger partial charge is 0.482 e. The average molecular weight is 297 g/mol. The topological polar surface area (TPSA) is 26.3 Å². The molecule has 0 N–H and O–H groups in total. The van der Waals surface area contributed by atoms with Crippen molar-refractivity contribution in [3.8, 4) is 5.75 Å². The van der Waals surface area contributed by atoms with Crippen LogP contribution in [0.1, 0.15) is 17.3 Å². The number of hydrogen-bond donors (Lipinski definition) is 0. The van der Waals surface area contributed by atoms with Gasteiger partial charge in [0.15, 0.2) is 6.10 Å². The van der Waals surface area contributed by atoms with Crippen LogP contribution in [0.3, 0.4) is 0 Å². The molecule has 2 rings (SSSR count). The van der Waals surface area contributed by atoms with Crippen LogP contribution in [0, 0.1) is 11.6 Å². The van der Waals surface area contributed by atoms with Crippen LogP contribution in [0.15, 0.2) is 42.5 Å². The lowest BCUT2D eigenvalue weighted by molar-refractivity contribution is 0.0817. The first-order chi connectivity index (χ1) is 9.45. The van der Waals surface area contributed by atoms with Crippen molar-refractivity contribution in [2.75, 3.05) is 0 Å². The van der Waals surface area contributed by atoms with Crippen LogP contribution >= 0.6 is 11.6 Å². The molecule has 0 spiro atoms. The second kappa shape index (κ2) is 6.01. The molecular formula is C15H11ClF2O2. The van der Waals surface area contributed by atoms with Gasteiger partial charge >= 0.3 is 0 Å². The number of ether oxygens (including phenoxy) is 1. The van der Waals surface area contributed by atoms with Gasteiger partial charge in [-0.05, 0) is 19.1 Å². The van der Waals surface area contributed by atoms with Crippen molar-refractivity contribution >= 4 is 17.4 Å². The van der Waals surface area contributed by atoms with Gasteiger partial charge < -0.3 is 4.74 Å². The zero-order valence-electron chi connectivity index (χ0n) is 10.6. The van der Waals surface area contributed by atoms with Crippen molar-refractivity contribution in [1.82, 2.24) is 0 Å². The van der Waals surface area contributed by atoms with Gasteiger partial charge in [-0.25, -0.2) is 8.78 Å². The van der Waals surface area contributed by atoms with Crippen LogP contribution in [-0.2, 0) is 0 Å². The number of hydrogen-bond acceptors (Lipinski definition) is 2. The Morgan fingerprint density at radius 3 is 2.40 bits per heavy atom. The summed E-state index contributed by atoms with van der Waals surface area (Å²) >= 11 is 5.80. The van der Waals surface area contributed by atoms with Crippen LogP contribution < -0.4 is 4.74 Å². The van der Waals surface area contributed by atoms with Gasteiger partial charge in [0, 0.05) is 28.8 Å². The maximum absolute atomic E-state index is 13.0. The summed E-state index contributed by atoms with van der Waals surface area (Å²) in [7, 11) is 0. The van der Waals surface area contributed by atoms with E-state index in [1.807, 2.05) is 0 Å². The first-order valence-electron chi connectivity index (χ1n) is 5.88. The minimum absolute atomic E-state index is 0.0367. The molecule has 2 nitrogen and oxygen atoms in total. The van der Waals surface area contributed by atoms with Crippen molar-refractivity contribution in [3.63, 3.8) is 0 Å². The van der Waals surface area contributed by atoms with Gasteiger partial charge in [-0.3, -0.25) is 4.79 Å². The fourth-order valence-electron chi connectivity index (χ4n) is 1.73. The van der Waals surface area contributed by atoms with E-state index >= 15 is 0 Å². The SMILES string of the molecule is CC(Oc1cc(F)cc(F)c1)C(=O)c1cccc(Cl)c1. The molecule has 5 heteroatoms. The molecule has 0 radical (unpaired) electrons. The predicted octanol–water partition coefficient (Wildman–Crippen LogP) is 4.27. The molecule has 1 unspecified atom stereocenters. The number of carbonyl (C=O) groups is 1. The van der Waals surface area contributed by atoms with E-state index in [1.54, 1.807) is 18.2 Å². The van der Waals surface area contributed by atoms with Gasteiger partial charge in [0.1, 0.15) is 17.4 Å². The lowest BCUT2D eigenvalue weighted by Crippen LogP contribution is -2.24.